The van der Waals surface area contributed by atoms with Gasteiger partial charge in [-0.1, -0.05) is 54.2 Å². The van der Waals surface area contributed by atoms with E-state index in [4.69, 9.17) is 0 Å². The van der Waals surface area contributed by atoms with Crippen LogP contribution >= 0.6 is 23.1 Å². The summed E-state index contributed by atoms with van der Waals surface area (Å²) in [4.78, 5) is 19.7. The van der Waals surface area contributed by atoms with Gasteiger partial charge in [0.05, 0.1) is 32.6 Å². The molecular weight excluding hydrogens is 424 g/mol. The van der Waals surface area contributed by atoms with Crippen LogP contribution in [0, 0.1) is 6.92 Å². The second kappa shape index (κ2) is 8.06. The molecule has 4 aromatic rings. The molecule has 0 aliphatic carbocycles. The molecule has 0 spiro atoms. The Hall–Kier alpha value is -3.35. The number of ketones is 1. The van der Waals surface area contributed by atoms with E-state index in [1.54, 1.807) is 29.5 Å². The molecule has 4 nitrogen and oxygen atoms in total. The summed E-state index contributed by atoms with van der Waals surface area (Å²) in [5, 5.41) is 16.9. The van der Waals surface area contributed by atoms with Gasteiger partial charge in [-0.2, -0.15) is 0 Å². The highest BCUT2D eigenvalue weighted by atomic mass is 32.2. The van der Waals surface area contributed by atoms with E-state index in [9.17, 15) is 9.90 Å². The molecule has 0 atom stereocenters. The van der Waals surface area contributed by atoms with E-state index in [1.165, 1.54) is 11.8 Å². The Labute approximate surface area is 188 Å². The van der Waals surface area contributed by atoms with Gasteiger partial charge in [-0.25, -0.2) is 4.98 Å². The number of nitrogens with zero attached hydrogens (tertiary/aromatic N) is 1. The molecule has 2 N–H and O–H groups in total. The zero-order valence-electron chi connectivity index (χ0n) is 16.6. The van der Waals surface area contributed by atoms with Crippen molar-refractivity contribution in [3.8, 4) is 17.0 Å². The van der Waals surface area contributed by atoms with Crippen molar-refractivity contribution in [2.24, 2.45) is 0 Å². The second-order valence-electron chi connectivity index (χ2n) is 7.11. The number of aromatic nitrogens is 1. The minimum Gasteiger partial charge on any atom is -0.507 e. The SMILES string of the molecule is Cc1nc(-c2ccc(O)c(C(=O)C3=C(c4ccccc4)Nc4ccccc4S3)c2)cs1. The number of aromatic hydroxyl groups is 1. The first-order valence-electron chi connectivity index (χ1n) is 9.74. The van der Waals surface area contributed by atoms with E-state index in [1.807, 2.05) is 66.9 Å². The molecule has 1 aromatic heterocycles. The number of phenolic OH excluding ortho intramolecular Hbond substituents is 1. The number of thiazole rings is 1. The number of rotatable bonds is 4. The van der Waals surface area contributed by atoms with Crippen LogP contribution in [0.3, 0.4) is 0 Å². The van der Waals surface area contributed by atoms with Crippen LogP contribution in [0.15, 0.2) is 88.0 Å². The van der Waals surface area contributed by atoms with Crippen LogP contribution in [0.5, 0.6) is 5.75 Å². The largest absolute Gasteiger partial charge is 0.507 e. The van der Waals surface area contributed by atoms with Crippen molar-refractivity contribution in [3.63, 3.8) is 0 Å². The summed E-state index contributed by atoms with van der Waals surface area (Å²) >= 11 is 2.97. The summed E-state index contributed by atoms with van der Waals surface area (Å²) in [5.41, 5.74) is 4.48. The van der Waals surface area contributed by atoms with Gasteiger partial charge in [0.1, 0.15) is 5.75 Å². The molecule has 0 amide bonds. The summed E-state index contributed by atoms with van der Waals surface area (Å²) in [6.07, 6.45) is 0. The van der Waals surface area contributed by atoms with Crippen molar-refractivity contribution < 1.29 is 9.90 Å². The molecule has 2 heterocycles. The number of allylic oxidation sites excluding steroid dienone is 1. The summed E-state index contributed by atoms with van der Waals surface area (Å²) < 4.78 is 0. The lowest BCUT2D eigenvalue weighted by atomic mass is 10.0. The lowest BCUT2D eigenvalue weighted by Gasteiger charge is -2.24. The summed E-state index contributed by atoms with van der Waals surface area (Å²) in [6.45, 7) is 1.94. The highest BCUT2D eigenvalue weighted by Crippen LogP contribution is 2.44. The number of hydrogen-bond acceptors (Lipinski definition) is 6. The van der Waals surface area contributed by atoms with Crippen LogP contribution in [0.25, 0.3) is 17.0 Å². The van der Waals surface area contributed by atoms with E-state index >= 15 is 0 Å². The van der Waals surface area contributed by atoms with Crippen LogP contribution in [-0.4, -0.2) is 15.9 Å². The Morgan fingerprint density at radius 3 is 2.52 bits per heavy atom. The number of hydrogen-bond donors (Lipinski definition) is 2. The number of nitrogens with one attached hydrogen (secondary N) is 1. The van der Waals surface area contributed by atoms with Crippen LogP contribution in [0.4, 0.5) is 5.69 Å². The smallest absolute Gasteiger partial charge is 0.205 e. The third-order valence-corrected chi connectivity index (χ3v) is 6.95. The van der Waals surface area contributed by atoms with Gasteiger partial charge in [0, 0.05) is 15.8 Å². The highest BCUT2D eigenvalue weighted by Gasteiger charge is 2.27. The molecule has 3 aromatic carbocycles. The first-order valence-corrected chi connectivity index (χ1v) is 11.4. The first-order chi connectivity index (χ1) is 15.1. The van der Waals surface area contributed by atoms with E-state index < -0.39 is 0 Å². The molecule has 152 valence electrons. The third-order valence-electron chi connectivity index (χ3n) is 5.01. The molecule has 1 aliphatic heterocycles. The summed E-state index contributed by atoms with van der Waals surface area (Å²) in [6, 6.07) is 22.7. The van der Waals surface area contributed by atoms with Crippen molar-refractivity contribution >= 4 is 40.3 Å². The lowest BCUT2D eigenvalue weighted by Crippen LogP contribution is -2.13. The molecule has 0 saturated carbocycles. The van der Waals surface area contributed by atoms with Crippen molar-refractivity contribution in [1.82, 2.24) is 4.98 Å². The number of fused-ring (bicyclic) bond motifs is 1. The molecule has 6 heteroatoms. The molecule has 31 heavy (non-hydrogen) atoms. The predicted octanol–water partition coefficient (Wildman–Crippen LogP) is 6.59. The minimum absolute atomic E-state index is 0.0416. The normalized spacial score (nSPS) is 12.9. The van der Waals surface area contributed by atoms with Gasteiger partial charge in [0.2, 0.25) is 5.78 Å². The minimum atomic E-state index is -0.225. The number of carbonyl (C=O) groups is 1. The summed E-state index contributed by atoms with van der Waals surface area (Å²) in [7, 11) is 0. The number of anilines is 1. The van der Waals surface area contributed by atoms with Gasteiger partial charge < -0.3 is 10.4 Å². The van der Waals surface area contributed by atoms with Crippen molar-refractivity contribution in [3.05, 3.63) is 99.2 Å². The topological polar surface area (TPSA) is 62.2 Å². The zero-order chi connectivity index (χ0) is 21.4. The zero-order valence-corrected chi connectivity index (χ0v) is 18.3. The van der Waals surface area contributed by atoms with Gasteiger partial charge in [0.15, 0.2) is 0 Å². The van der Waals surface area contributed by atoms with Gasteiger partial charge >= 0.3 is 0 Å². The molecule has 0 saturated heterocycles. The number of thioether (sulfide) groups is 1. The van der Waals surface area contributed by atoms with Crippen LogP contribution in [0.2, 0.25) is 0 Å². The van der Waals surface area contributed by atoms with Crippen molar-refractivity contribution in [1.29, 1.82) is 0 Å². The molecule has 0 unspecified atom stereocenters. The lowest BCUT2D eigenvalue weighted by molar-refractivity contribution is 0.104. The maximum Gasteiger partial charge on any atom is 0.205 e. The number of para-hydroxylation sites is 1. The Bertz CT molecular complexity index is 1330. The quantitative estimate of drug-likeness (QED) is 0.349. The Morgan fingerprint density at radius 1 is 0.968 bits per heavy atom. The standard InChI is InChI=1S/C25H18N2O2S2/c1-15-26-20(14-30-15)17-11-12-21(28)18(13-17)24(29)25-23(16-7-3-2-4-8-16)27-19-9-5-6-10-22(19)31-25/h2-14,27-28H,1H3. The Balaban J connectivity index is 1.63. The number of aryl methyl sites for hydroxylation is 1. The first kappa shape index (κ1) is 19.6. The number of phenols is 1. The van der Waals surface area contributed by atoms with Gasteiger partial charge in [-0.15, -0.1) is 11.3 Å². The predicted molar refractivity (Wildman–Crippen MR) is 128 cm³/mol. The Kier molecular flexibility index (Phi) is 5.10. The van der Waals surface area contributed by atoms with Crippen LogP contribution in [-0.2, 0) is 0 Å². The average Bonchev–Trinajstić information content (AvgIpc) is 3.25. The molecule has 0 fully saturated rings. The number of Topliss-reactive ketones (excluding diaryl/α,β-unsaturated/α-hetero) is 1. The van der Waals surface area contributed by atoms with Crippen molar-refractivity contribution in [2.45, 2.75) is 11.8 Å². The fraction of sp³-hybridized carbons (Fsp3) is 0.0400. The van der Waals surface area contributed by atoms with Gasteiger partial charge in [-0.05, 0) is 42.8 Å². The van der Waals surface area contributed by atoms with Crippen LogP contribution < -0.4 is 5.32 Å². The Morgan fingerprint density at radius 2 is 1.74 bits per heavy atom. The number of carbonyl (C=O) groups excluding carboxylic acids is 1. The fourth-order valence-electron chi connectivity index (χ4n) is 3.47. The van der Waals surface area contributed by atoms with E-state index in [0.717, 1.165) is 38.1 Å². The fourth-order valence-corrected chi connectivity index (χ4v) is 5.17. The third kappa shape index (κ3) is 3.76. The maximum absolute atomic E-state index is 13.7. The highest BCUT2D eigenvalue weighted by molar-refractivity contribution is 8.04. The van der Waals surface area contributed by atoms with E-state index in [0.29, 0.717) is 4.91 Å². The number of benzene rings is 3. The van der Waals surface area contributed by atoms with E-state index in [-0.39, 0.29) is 17.1 Å². The van der Waals surface area contributed by atoms with Gasteiger partial charge in [-0.3, -0.25) is 4.79 Å². The molecule has 0 radical (unpaired) electrons. The summed E-state index contributed by atoms with van der Waals surface area (Å²) in [5.74, 6) is -0.266. The maximum atomic E-state index is 13.7. The van der Waals surface area contributed by atoms with Crippen LogP contribution in [0.1, 0.15) is 20.9 Å². The second-order valence-corrected chi connectivity index (χ2v) is 9.22. The van der Waals surface area contributed by atoms with E-state index in [2.05, 4.69) is 10.3 Å². The average molecular weight is 443 g/mol. The molecule has 0 bridgehead atoms. The molecule has 5 rings (SSSR count). The van der Waals surface area contributed by atoms with Gasteiger partial charge in [0.25, 0.3) is 0 Å². The molecule has 1 aliphatic rings. The molecular formula is C25H18N2O2S2. The van der Waals surface area contributed by atoms with Crippen molar-refractivity contribution in [2.75, 3.05) is 5.32 Å². The monoisotopic (exact) mass is 442 g/mol.